The number of halogens is 1. The van der Waals surface area contributed by atoms with Gasteiger partial charge in [0, 0.05) is 10.0 Å². The number of benzene rings is 2. The quantitative estimate of drug-likeness (QED) is 0.616. The number of ether oxygens (including phenoxy) is 1. The standard InChI is InChI=1S/C15H15BrN2O3S/c1-2-21-15-9-8-13(16)10-12(15)11-17-18-22(19,20)14-6-4-3-5-7-14/h3-11,18H,2H2,1H3/b17-11-. The van der Waals surface area contributed by atoms with Gasteiger partial charge in [-0.3, -0.25) is 0 Å². The first kappa shape index (κ1) is 16.5. The Bertz CT molecular complexity index is 762. The summed E-state index contributed by atoms with van der Waals surface area (Å²) in [5.41, 5.74) is 0.673. The molecule has 0 radical (unpaired) electrons. The number of sulfonamides is 1. The van der Waals surface area contributed by atoms with Crippen LogP contribution in [0.4, 0.5) is 0 Å². The predicted molar refractivity (Wildman–Crippen MR) is 89.7 cm³/mol. The Morgan fingerprint density at radius 1 is 1.23 bits per heavy atom. The molecule has 1 N–H and O–H groups in total. The van der Waals surface area contributed by atoms with Crippen molar-refractivity contribution in [3.63, 3.8) is 0 Å². The van der Waals surface area contributed by atoms with Gasteiger partial charge in [-0.05, 0) is 37.3 Å². The van der Waals surface area contributed by atoms with Crippen molar-refractivity contribution in [2.24, 2.45) is 5.10 Å². The van der Waals surface area contributed by atoms with Crippen molar-refractivity contribution < 1.29 is 13.2 Å². The van der Waals surface area contributed by atoms with Gasteiger partial charge in [0.15, 0.2) is 0 Å². The Morgan fingerprint density at radius 3 is 2.64 bits per heavy atom. The van der Waals surface area contributed by atoms with Crippen molar-refractivity contribution in [2.75, 3.05) is 6.61 Å². The SMILES string of the molecule is CCOc1ccc(Br)cc1/C=N\NS(=O)(=O)c1ccccc1. The molecule has 7 heteroatoms. The van der Waals surface area contributed by atoms with Crippen LogP contribution in [0, 0.1) is 0 Å². The van der Waals surface area contributed by atoms with E-state index < -0.39 is 10.0 Å². The van der Waals surface area contributed by atoms with Gasteiger partial charge in [-0.1, -0.05) is 34.1 Å². The zero-order valence-electron chi connectivity index (χ0n) is 11.9. The minimum atomic E-state index is -3.67. The Kier molecular flexibility index (Phi) is 5.57. The number of hydrogen-bond acceptors (Lipinski definition) is 4. The van der Waals surface area contributed by atoms with Crippen molar-refractivity contribution in [3.05, 3.63) is 58.6 Å². The van der Waals surface area contributed by atoms with E-state index in [1.54, 1.807) is 30.3 Å². The molecular formula is C15H15BrN2O3S. The molecule has 116 valence electrons. The van der Waals surface area contributed by atoms with Crippen molar-refractivity contribution >= 4 is 32.2 Å². The lowest BCUT2D eigenvalue weighted by atomic mass is 10.2. The lowest BCUT2D eigenvalue weighted by molar-refractivity contribution is 0.339. The third-order valence-electron chi connectivity index (χ3n) is 2.70. The molecule has 2 rings (SSSR count). The zero-order chi connectivity index (χ0) is 16.0. The smallest absolute Gasteiger partial charge is 0.276 e. The van der Waals surface area contributed by atoms with Gasteiger partial charge in [-0.15, -0.1) is 0 Å². The van der Waals surface area contributed by atoms with E-state index in [-0.39, 0.29) is 4.90 Å². The average molecular weight is 383 g/mol. The van der Waals surface area contributed by atoms with Crippen LogP contribution in [0.1, 0.15) is 12.5 Å². The molecule has 0 bridgehead atoms. The molecule has 5 nitrogen and oxygen atoms in total. The van der Waals surface area contributed by atoms with Gasteiger partial charge in [-0.25, -0.2) is 4.83 Å². The van der Waals surface area contributed by atoms with Gasteiger partial charge in [0.2, 0.25) is 0 Å². The maximum atomic E-state index is 12.0. The van der Waals surface area contributed by atoms with E-state index in [0.717, 1.165) is 4.47 Å². The van der Waals surface area contributed by atoms with Crippen LogP contribution < -0.4 is 9.57 Å². The molecule has 0 heterocycles. The number of rotatable bonds is 6. The van der Waals surface area contributed by atoms with E-state index in [4.69, 9.17) is 4.74 Å². The van der Waals surface area contributed by atoms with E-state index in [9.17, 15) is 8.42 Å². The largest absolute Gasteiger partial charge is 0.493 e. The summed E-state index contributed by atoms with van der Waals surface area (Å²) in [6.45, 7) is 2.39. The van der Waals surface area contributed by atoms with Crippen molar-refractivity contribution in [2.45, 2.75) is 11.8 Å². The molecular weight excluding hydrogens is 368 g/mol. The number of hydrazone groups is 1. The molecule has 0 saturated carbocycles. The summed E-state index contributed by atoms with van der Waals surface area (Å²) in [7, 11) is -3.67. The molecule has 0 aromatic heterocycles. The second kappa shape index (κ2) is 7.42. The molecule has 0 spiro atoms. The number of nitrogens with zero attached hydrogens (tertiary/aromatic N) is 1. The fourth-order valence-electron chi connectivity index (χ4n) is 1.72. The molecule has 0 aliphatic carbocycles. The molecule has 0 atom stereocenters. The summed E-state index contributed by atoms with van der Waals surface area (Å²) < 4.78 is 30.4. The molecule has 0 unspecified atom stereocenters. The second-order valence-electron chi connectivity index (χ2n) is 4.28. The zero-order valence-corrected chi connectivity index (χ0v) is 14.3. The summed E-state index contributed by atoms with van der Waals surface area (Å²) in [5.74, 6) is 0.633. The van der Waals surface area contributed by atoms with Crippen LogP contribution in [-0.2, 0) is 10.0 Å². The average Bonchev–Trinajstić information content (AvgIpc) is 2.51. The summed E-state index contributed by atoms with van der Waals surface area (Å²) in [5, 5.41) is 3.81. The maximum Gasteiger partial charge on any atom is 0.276 e. The summed E-state index contributed by atoms with van der Waals surface area (Å²) in [6.07, 6.45) is 1.41. The minimum absolute atomic E-state index is 0.159. The first-order chi connectivity index (χ1) is 10.5. The highest BCUT2D eigenvalue weighted by Gasteiger charge is 2.11. The van der Waals surface area contributed by atoms with Crippen LogP contribution in [0.3, 0.4) is 0 Å². The van der Waals surface area contributed by atoms with Crippen molar-refractivity contribution in [3.8, 4) is 5.75 Å². The molecule has 22 heavy (non-hydrogen) atoms. The van der Waals surface area contributed by atoms with Gasteiger partial charge >= 0.3 is 0 Å². The molecule has 0 fully saturated rings. The van der Waals surface area contributed by atoms with Crippen LogP contribution in [-0.4, -0.2) is 21.2 Å². The fourth-order valence-corrected chi connectivity index (χ4v) is 2.92. The van der Waals surface area contributed by atoms with Crippen molar-refractivity contribution in [1.82, 2.24) is 4.83 Å². The summed E-state index contributed by atoms with van der Waals surface area (Å²) in [4.78, 5) is 2.34. The van der Waals surface area contributed by atoms with Crippen molar-refractivity contribution in [1.29, 1.82) is 0 Å². The molecule has 0 saturated heterocycles. The Hall–Kier alpha value is -1.86. The Balaban J connectivity index is 2.18. The molecule has 2 aromatic carbocycles. The van der Waals surface area contributed by atoms with E-state index in [2.05, 4.69) is 25.9 Å². The lowest BCUT2D eigenvalue weighted by Gasteiger charge is -2.07. The van der Waals surface area contributed by atoms with Crippen LogP contribution in [0.5, 0.6) is 5.75 Å². The van der Waals surface area contributed by atoms with E-state index >= 15 is 0 Å². The molecule has 0 aliphatic heterocycles. The first-order valence-electron chi connectivity index (χ1n) is 6.55. The van der Waals surface area contributed by atoms with E-state index in [0.29, 0.717) is 17.9 Å². The number of hydrogen-bond donors (Lipinski definition) is 1. The van der Waals surface area contributed by atoms with Gasteiger partial charge in [0.05, 0.1) is 17.7 Å². The lowest BCUT2D eigenvalue weighted by Crippen LogP contribution is -2.18. The van der Waals surface area contributed by atoms with Gasteiger partial charge in [0.25, 0.3) is 10.0 Å². The molecule has 2 aromatic rings. The Labute approximate surface area is 138 Å². The second-order valence-corrected chi connectivity index (χ2v) is 6.86. The maximum absolute atomic E-state index is 12.0. The van der Waals surface area contributed by atoms with Gasteiger partial charge in [-0.2, -0.15) is 13.5 Å². The number of nitrogens with one attached hydrogen (secondary N) is 1. The molecule has 0 aliphatic rings. The van der Waals surface area contributed by atoms with Gasteiger partial charge < -0.3 is 4.74 Å². The Morgan fingerprint density at radius 2 is 1.95 bits per heavy atom. The van der Waals surface area contributed by atoms with Crippen LogP contribution >= 0.6 is 15.9 Å². The van der Waals surface area contributed by atoms with Gasteiger partial charge in [0.1, 0.15) is 5.75 Å². The highest BCUT2D eigenvalue weighted by molar-refractivity contribution is 9.10. The monoisotopic (exact) mass is 382 g/mol. The van der Waals surface area contributed by atoms with Crippen LogP contribution in [0.25, 0.3) is 0 Å². The highest BCUT2D eigenvalue weighted by Crippen LogP contribution is 2.21. The normalized spacial score (nSPS) is 11.5. The third kappa shape index (κ3) is 4.32. The van der Waals surface area contributed by atoms with Crippen LogP contribution in [0.2, 0.25) is 0 Å². The highest BCUT2D eigenvalue weighted by atomic mass is 79.9. The summed E-state index contributed by atoms with van der Waals surface area (Å²) in [6, 6.07) is 13.5. The predicted octanol–water partition coefficient (Wildman–Crippen LogP) is 3.16. The topological polar surface area (TPSA) is 67.8 Å². The summed E-state index contributed by atoms with van der Waals surface area (Å²) >= 11 is 3.36. The van der Waals surface area contributed by atoms with E-state index in [1.165, 1.54) is 18.3 Å². The van der Waals surface area contributed by atoms with Crippen LogP contribution in [0.15, 0.2) is 63.0 Å². The molecule has 0 amide bonds. The first-order valence-corrected chi connectivity index (χ1v) is 8.83. The third-order valence-corrected chi connectivity index (χ3v) is 4.43. The van der Waals surface area contributed by atoms with E-state index in [1.807, 2.05) is 13.0 Å². The minimum Gasteiger partial charge on any atom is -0.493 e. The fraction of sp³-hybridized carbons (Fsp3) is 0.133.